The molecule has 7 heteroatoms. The van der Waals surface area contributed by atoms with Gasteiger partial charge in [0, 0.05) is 5.02 Å². The molecule has 0 saturated carbocycles. The molecule has 32 heavy (non-hydrogen) atoms. The van der Waals surface area contributed by atoms with Crippen LogP contribution in [-0.2, 0) is 11.4 Å². The molecular weight excluding hydrogens is 444 g/mol. The Balaban J connectivity index is 1.37. The lowest BCUT2D eigenvalue weighted by molar-refractivity contribution is -0.115. The van der Waals surface area contributed by atoms with Crippen molar-refractivity contribution in [3.63, 3.8) is 0 Å². The van der Waals surface area contributed by atoms with Crippen LogP contribution in [0.3, 0.4) is 0 Å². The molecule has 5 nitrogen and oxygen atoms in total. The second kappa shape index (κ2) is 10.4. The summed E-state index contributed by atoms with van der Waals surface area (Å²) >= 11 is 7.22. The van der Waals surface area contributed by atoms with Gasteiger partial charge in [0.05, 0.1) is 17.2 Å². The van der Waals surface area contributed by atoms with Crippen LogP contribution in [0.4, 0.5) is 5.69 Å². The third kappa shape index (κ3) is 5.93. The number of amides is 1. The first kappa shape index (κ1) is 22.0. The number of aliphatic imine (C=N–C) groups is 1. The summed E-state index contributed by atoms with van der Waals surface area (Å²) in [6.07, 6.45) is 1.84. The first-order valence-corrected chi connectivity index (χ1v) is 11.3. The first-order chi connectivity index (χ1) is 15.6. The average Bonchev–Trinajstić information content (AvgIpc) is 3.14. The topological polar surface area (TPSA) is 59.9 Å². The van der Waals surface area contributed by atoms with Crippen molar-refractivity contribution in [3.05, 3.63) is 93.9 Å². The fraction of sp³-hybridized carbons (Fsp3) is 0.120. The van der Waals surface area contributed by atoms with Crippen LogP contribution in [0.25, 0.3) is 6.08 Å². The maximum atomic E-state index is 12.3. The molecule has 1 aliphatic rings. The summed E-state index contributed by atoms with van der Waals surface area (Å²) < 4.78 is 11.2. The molecule has 0 radical (unpaired) electrons. The number of rotatable bonds is 7. The van der Waals surface area contributed by atoms with E-state index in [1.54, 1.807) is 0 Å². The molecule has 4 rings (SSSR count). The summed E-state index contributed by atoms with van der Waals surface area (Å²) in [6.45, 7) is 3.01. The highest BCUT2D eigenvalue weighted by Crippen LogP contribution is 2.29. The van der Waals surface area contributed by atoms with Gasteiger partial charge in [-0.3, -0.25) is 4.79 Å². The minimum atomic E-state index is -0.164. The van der Waals surface area contributed by atoms with Crippen LogP contribution in [0.2, 0.25) is 5.02 Å². The molecule has 1 aliphatic heterocycles. The Hall–Kier alpha value is -3.22. The zero-order valence-corrected chi connectivity index (χ0v) is 19.0. The third-order valence-corrected chi connectivity index (χ3v) is 5.69. The van der Waals surface area contributed by atoms with E-state index >= 15 is 0 Å². The normalized spacial score (nSPS) is 15.8. The first-order valence-electron chi connectivity index (χ1n) is 10.1. The van der Waals surface area contributed by atoms with Crippen LogP contribution in [-0.4, -0.2) is 17.7 Å². The van der Waals surface area contributed by atoms with E-state index in [0.717, 1.165) is 28.3 Å². The molecule has 0 aromatic heterocycles. The van der Waals surface area contributed by atoms with Crippen molar-refractivity contribution in [3.8, 4) is 11.5 Å². The van der Waals surface area contributed by atoms with Gasteiger partial charge >= 0.3 is 0 Å². The van der Waals surface area contributed by atoms with Gasteiger partial charge in [0.1, 0.15) is 18.1 Å². The fourth-order valence-corrected chi connectivity index (χ4v) is 3.91. The van der Waals surface area contributed by atoms with Gasteiger partial charge < -0.3 is 14.8 Å². The minimum absolute atomic E-state index is 0.164. The summed E-state index contributed by atoms with van der Waals surface area (Å²) in [5, 5.41) is 4.06. The number of nitrogens with one attached hydrogen (secondary N) is 1. The van der Waals surface area contributed by atoms with Crippen molar-refractivity contribution in [2.45, 2.75) is 13.5 Å². The Kier molecular flexibility index (Phi) is 7.14. The molecule has 0 spiro atoms. The number of carbonyl (C=O) groups excluding carboxylic acids is 1. The maximum absolute atomic E-state index is 12.3. The summed E-state index contributed by atoms with van der Waals surface area (Å²) in [7, 11) is 0. The molecule has 1 N–H and O–H groups in total. The monoisotopic (exact) mass is 464 g/mol. The number of carbonyl (C=O) groups is 1. The standard InChI is InChI=1S/C25H21ClN2O3S/c1-2-30-21-13-9-20(10-14-21)27-25-28-24(29)23(32-25)15-17-5-11-22(12-6-17)31-16-18-3-7-19(26)8-4-18/h3-15H,2,16H2,1H3,(H,27,28,29)/b23-15+. The molecule has 3 aromatic carbocycles. The SMILES string of the molecule is CCOc1ccc(N=C2NC(=O)/C(=C\c3ccc(OCc4ccc(Cl)cc4)cc3)S2)cc1. The van der Waals surface area contributed by atoms with E-state index < -0.39 is 0 Å². The van der Waals surface area contributed by atoms with E-state index in [1.165, 1.54) is 11.8 Å². The molecular formula is C25H21ClN2O3S. The van der Waals surface area contributed by atoms with Crippen molar-refractivity contribution >= 4 is 46.2 Å². The number of benzene rings is 3. The van der Waals surface area contributed by atoms with Crippen molar-refractivity contribution in [2.24, 2.45) is 4.99 Å². The van der Waals surface area contributed by atoms with Crippen LogP contribution in [0.5, 0.6) is 11.5 Å². The smallest absolute Gasteiger partial charge is 0.264 e. The quantitative estimate of drug-likeness (QED) is 0.422. The van der Waals surface area contributed by atoms with Gasteiger partial charge in [0.25, 0.3) is 5.91 Å². The predicted octanol–water partition coefficient (Wildman–Crippen LogP) is 6.21. The van der Waals surface area contributed by atoms with E-state index in [0.29, 0.717) is 28.3 Å². The van der Waals surface area contributed by atoms with Crippen LogP contribution >= 0.6 is 23.4 Å². The van der Waals surface area contributed by atoms with E-state index in [9.17, 15) is 4.79 Å². The number of ether oxygens (including phenoxy) is 2. The molecule has 1 amide bonds. The number of amidine groups is 1. The number of thioether (sulfide) groups is 1. The molecule has 1 saturated heterocycles. The summed E-state index contributed by atoms with van der Waals surface area (Å²) in [5.41, 5.74) is 2.70. The lowest BCUT2D eigenvalue weighted by atomic mass is 10.2. The summed E-state index contributed by atoms with van der Waals surface area (Å²) in [4.78, 5) is 17.4. The molecule has 0 atom stereocenters. The lowest BCUT2D eigenvalue weighted by Crippen LogP contribution is -2.19. The minimum Gasteiger partial charge on any atom is -0.494 e. The average molecular weight is 465 g/mol. The second-order valence-electron chi connectivity index (χ2n) is 6.89. The van der Waals surface area contributed by atoms with Gasteiger partial charge in [-0.05, 0) is 84.4 Å². The lowest BCUT2D eigenvalue weighted by Gasteiger charge is -2.06. The van der Waals surface area contributed by atoms with Gasteiger partial charge in [-0.1, -0.05) is 35.9 Å². The Morgan fingerprint density at radius 1 is 0.938 bits per heavy atom. The zero-order chi connectivity index (χ0) is 22.3. The number of nitrogens with zero attached hydrogens (tertiary/aromatic N) is 1. The van der Waals surface area contributed by atoms with Crippen LogP contribution in [0, 0.1) is 0 Å². The third-order valence-electron chi connectivity index (χ3n) is 4.53. The van der Waals surface area contributed by atoms with E-state index in [2.05, 4.69) is 10.3 Å². The highest BCUT2D eigenvalue weighted by atomic mass is 35.5. The largest absolute Gasteiger partial charge is 0.494 e. The van der Waals surface area contributed by atoms with Crippen molar-refractivity contribution in [1.29, 1.82) is 0 Å². The van der Waals surface area contributed by atoms with Gasteiger partial charge in [-0.25, -0.2) is 4.99 Å². The molecule has 0 unspecified atom stereocenters. The highest BCUT2D eigenvalue weighted by molar-refractivity contribution is 8.18. The maximum Gasteiger partial charge on any atom is 0.264 e. The van der Waals surface area contributed by atoms with Gasteiger partial charge in [0.15, 0.2) is 5.17 Å². The molecule has 3 aromatic rings. The molecule has 1 heterocycles. The van der Waals surface area contributed by atoms with Gasteiger partial charge in [-0.15, -0.1) is 0 Å². The summed E-state index contributed by atoms with van der Waals surface area (Å²) in [5.74, 6) is 1.38. The predicted molar refractivity (Wildman–Crippen MR) is 131 cm³/mol. The highest BCUT2D eigenvalue weighted by Gasteiger charge is 2.23. The van der Waals surface area contributed by atoms with Crippen molar-refractivity contribution in [1.82, 2.24) is 5.32 Å². The summed E-state index contributed by atoms with van der Waals surface area (Å²) in [6, 6.07) is 22.6. The van der Waals surface area contributed by atoms with Gasteiger partial charge in [-0.2, -0.15) is 0 Å². The van der Waals surface area contributed by atoms with E-state index in [-0.39, 0.29) is 5.91 Å². The fourth-order valence-electron chi connectivity index (χ4n) is 2.94. The van der Waals surface area contributed by atoms with Crippen molar-refractivity contribution in [2.75, 3.05) is 6.61 Å². The Morgan fingerprint density at radius 2 is 1.59 bits per heavy atom. The molecule has 0 bridgehead atoms. The second-order valence-corrected chi connectivity index (χ2v) is 8.36. The molecule has 0 aliphatic carbocycles. The van der Waals surface area contributed by atoms with Gasteiger partial charge in [0.2, 0.25) is 0 Å². The Morgan fingerprint density at radius 3 is 2.28 bits per heavy atom. The van der Waals surface area contributed by atoms with Crippen LogP contribution in [0.15, 0.2) is 82.7 Å². The zero-order valence-electron chi connectivity index (χ0n) is 17.4. The van der Waals surface area contributed by atoms with Crippen LogP contribution in [0.1, 0.15) is 18.1 Å². The Labute approximate surface area is 196 Å². The molecule has 162 valence electrons. The number of halogens is 1. The van der Waals surface area contributed by atoms with Crippen molar-refractivity contribution < 1.29 is 14.3 Å². The van der Waals surface area contributed by atoms with E-state index in [1.807, 2.05) is 85.8 Å². The van der Waals surface area contributed by atoms with E-state index in [4.69, 9.17) is 21.1 Å². The number of hydrogen-bond donors (Lipinski definition) is 1. The van der Waals surface area contributed by atoms with Crippen LogP contribution < -0.4 is 14.8 Å². The number of hydrogen-bond acceptors (Lipinski definition) is 5. The molecule has 1 fully saturated rings. The Bertz CT molecular complexity index is 1140.